The molecule has 3 nitrogen and oxygen atoms in total. The van der Waals surface area contributed by atoms with Gasteiger partial charge in [-0.2, -0.15) is 0 Å². The Labute approximate surface area is 115 Å². The minimum atomic E-state index is 0.141. The van der Waals surface area contributed by atoms with E-state index in [4.69, 9.17) is 5.73 Å². The van der Waals surface area contributed by atoms with Crippen molar-refractivity contribution in [2.45, 2.75) is 40.0 Å². The Morgan fingerprint density at radius 3 is 2.79 bits per heavy atom. The van der Waals surface area contributed by atoms with E-state index in [1.165, 1.54) is 6.42 Å². The lowest BCUT2D eigenvalue weighted by Crippen LogP contribution is -2.40. The highest BCUT2D eigenvalue weighted by atomic mass is 16.2. The third-order valence-electron chi connectivity index (χ3n) is 4.23. The van der Waals surface area contributed by atoms with Crippen LogP contribution in [0.25, 0.3) is 0 Å². The first-order valence-corrected chi connectivity index (χ1v) is 7.19. The summed E-state index contributed by atoms with van der Waals surface area (Å²) in [6, 6.07) is 3.84. The van der Waals surface area contributed by atoms with E-state index in [-0.39, 0.29) is 5.91 Å². The molecule has 0 aliphatic carbocycles. The number of nitrogens with two attached hydrogens (primary N) is 1. The third kappa shape index (κ3) is 2.91. The number of hydrogen-bond acceptors (Lipinski definition) is 2. The van der Waals surface area contributed by atoms with Crippen LogP contribution in [0.2, 0.25) is 0 Å². The molecular formula is C16H24N2O. The number of anilines is 1. The van der Waals surface area contributed by atoms with Gasteiger partial charge in [0.2, 0.25) is 0 Å². The summed E-state index contributed by atoms with van der Waals surface area (Å²) >= 11 is 0. The predicted molar refractivity (Wildman–Crippen MR) is 79.2 cm³/mol. The van der Waals surface area contributed by atoms with E-state index >= 15 is 0 Å². The zero-order valence-electron chi connectivity index (χ0n) is 12.2. The molecular weight excluding hydrogens is 236 g/mol. The number of carbonyl (C=O) groups is 1. The average molecular weight is 260 g/mol. The normalized spacial score (nSPS) is 19.5. The summed E-state index contributed by atoms with van der Waals surface area (Å²) in [5, 5.41) is 0. The SMILES string of the molecule is CCC1CCCN(C(=O)c2cc(N)c(C)cc2C)C1. The van der Waals surface area contributed by atoms with Crippen LogP contribution in [0.1, 0.15) is 47.7 Å². The molecule has 1 amide bonds. The highest BCUT2D eigenvalue weighted by Gasteiger charge is 2.24. The maximum atomic E-state index is 12.6. The molecule has 3 heteroatoms. The van der Waals surface area contributed by atoms with E-state index in [9.17, 15) is 4.79 Å². The summed E-state index contributed by atoms with van der Waals surface area (Å²) < 4.78 is 0. The molecule has 1 aromatic carbocycles. The molecule has 1 aromatic rings. The number of piperidine rings is 1. The summed E-state index contributed by atoms with van der Waals surface area (Å²) in [5.74, 6) is 0.795. The molecule has 2 rings (SSSR count). The maximum Gasteiger partial charge on any atom is 0.254 e. The van der Waals surface area contributed by atoms with Crippen LogP contribution in [0.15, 0.2) is 12.1 Å². The summed E-state index contributed by atoms with van der Waals surface area (Å²) in [6.45, 7) is 7.93. The number of benzene rings is 1. The molecule has 1 aliphatic heterocycles. The van der Waals surface area contributed by atoms with E-state index in [0.29, 0.717) is 11.6 Å². The van der Waals surface area contributed by atoms with E-state index < -0.39 is 0 Å². The van der Waals surface area contributed by atoms with Crippen molar-refractivity contribution in [2.75, 3.05) is 18.8 Å². The lowest BCUT2D eigenvalue weighted by molar-refractivity contribution is 0.0670. The molecule has 1 aliphatic rings. The summed E-state index contributed by atoms with van der Waals surface area (Å²) in [4.78, 5) is 14.6. The Morgan fingerprint density at radius 1 is 1.37 bits per heavy atom. The Bertz CT molecular complexity index is 482. The maximum absolute atomic E-state index is 12.6. The van der Waals surface area contributed by atoms with Crippen LogP contribution in [0.3, 0.4) is 0 Å². The number of aryl methyl sites for hydroxylation is 2. The summed E-state index contributed by atoms with van der Waals surface area (Å²) in [6.07, 6.45) is 3.51. The van der Waals surface area contributed by atoms with Crippen molar-refractivity contribution in [2.24, 2.45) is 5.92 Å². The van der Waals surface area contributed by atoms with Crippen LogP contribution in [-0.4, -0.2) is 23.9 Å². The van der Waals surface area contributed by atoms with Gasteiger partial charge in [0.25, 0.3) is 5.91 Å². The van der Waals surface area contributed by atoms with Crippen LogP contribution in [0.4, 0.5) is 5.69 Å². The molecule has 0 radical (unpaired) electrons. The quantitative estimate of drug-likeness (QED) is 0.830. The monoisotopic (exact) mass is 260 g/mol. The van der Waals surface area contributed by atoms with Crippen molar-refractivity contribution in [3.63, 3.8) is 0 Å². The molecule has 2 N–H and O–H groups in total. The van der Waals surface area contributed by atoms with Gasteiger partial charge in [-0.25, -0.2) is 0 Å². The predicted octanol–water partition coefficient (Wildman–Crippen LogP) is 3.15. The fraction of sp³-hybridized carbons (Fsp3) is 0.562. The van der Waals surface area contributed by atoms with Gasteiger partial charge in [-0.3, -0.25) is 4.79 Å². The van der Waals surface area contributed by atoms with Crippen LogP contribution in [0.5, 0.6) is 0 Å². The van der Waals surface area contributed by atoms with E-state index in [0.717, 1.165) is 42.6 Å². The van der Waals surface area contributed by atoms with Crippen LogP contribution >= 0.6 is 0 Å². The van der Waals surface area contributed by atoms with Gasteiger partial charge in [0.15, 0.2) is 0 Å². The number of carbonyl (C=O) groups excluding carboxylic acids is 1. The Kier molecular flexibility index (Phi) is 4.13. The van der Waals surface area contributed by atoms with E-state index in [2.05, 4.69) is 6.92 Å². The van der Waals surface area contributed by atoms with Crippen molar-refractivity contribution in [3.8, 4) is 0 Å². The minimum absolute atomic E-state index is 0.141. The van der Waals surface area contributed by atoms with Gasteiger partial charge in [-0.05, 0) is 49.8 Å². The topological polar surface area (TPSA) is 46.3 Å². The second-order valence-corrected chi connectivity index (χ2v) is 5.69. The smallest absolute Gasteiger partial charge is 0.254 e. The van der Waals surface area contributed by atoms with Crippen LogP contribution < -0.4 is 5.73 Å². The van der Waals surface area contributed by atoms with E-state index in [1.54, 1.807) is 0 Å². The fourth-order valence-corrected chi connectivity index (χ4v) is 2.85. The van der Waals surface area contributed by atoms with Gasteiger partial charge in [0.1, 0.15) is 0 Å². The van der Waals surface area contributed by atoms with E-state index in [1.807, 2.05) is 30.9 Å². The number of rotatable bonds is 2. The van der Waals surface area contributed by atoms with Gasteiger partial charge in [-0.1, -0.05) is 19.4 Å². The lowest BCUT2D eigenvalue weighted by Gasteiger charge is -2.32. The first-order chi connectivity index (χ1) is 9.02. The molecule has 0 aromatic heterocycles. The Morgan fingerprint density at radius 2 is 2.11 bits per heavy atom. The van der Waals surface area contributed by atoms with Crippen molar-refractivity contribution in [1.29, 1.82) is 0 Å². The number of nitrogens with zero attached hydrogens (tertiary/aromatic N) is 1. The van der Waals surface area contributed by atoms with Gasteiger partial charge in [0, 0.05) is 24.3 Å². The fourth-order valence-electron chi connectivity index (χ4n) is 2.85. The molecule has 1 unspecified atom stereocenters. The molecule has 104 valence electrons. The Balaban J connectivity index is 2.22. The second kappa shape index (κ2) is 5.64. The van der Waals surface area contributed by atoms with Gasteiger partial charge in [0.05, 0.1) is 0 Å². The van der Waals surface area contributed by atoms with Gasteiger partial charge >= 0.3 is 0 Å². The number of hydrogen-bond donors (Lipinski definition) is 1. The highest BCUT2D eigenvalue weighted by molar-refractivity contribution is 5.96. The zero-order chi connectivity index (χ0) is 14.0. The standard InChI is InChI=1S/C16H24N2O/c1-4-13-6-5-7-18(10-13)16(19)14-9-15(17)12(3)8-11(14)2/h8-9,13H,4-7,10,17H2,1-3H3. The van der Waals surface area contributed by atoms with Crippen molar-refractivity contribution in [3.05, 3.63) is 28.8 Å². The van der Waals surface area contributed by atoms with Crippen molar-refractivity contribution < 1.29 is 4.79 Å². The van der Waals surface area contributed by atoms with Gasteiger partial charge < -0.3 is 10.6 Å². The first kappa shape index (κ1) is 13.9. The third-order valence-corrected chi connectivity index (χ3v) is 4.23. The molecule has 19 heavy (non-hydrogen) atoms. The number of amides is 1. The lowest BCUT2D eigenvalue weighted by atomic mass is 9.94. The molecule has 1 heterocycles. The van der Waals surface area contributed by atoms with Crippen LogP contribution in [0, 0.1) is 19.8 Å². The largest absolute Gasteiger partial charge is 0.398 e. The molecule has 0 bridgehead atoms. The minimum Gasteiger partial charge on any atom is -0.398 e. The van der Waals surface area contributed by atoms with Crippen LogP contribution in [-0.2, 0) is 0 Å². The summed E-state index contributed by atoms with van der Waals surface area (Å²) in [7, 11) is 0. The van der Waals surface area contributed by atoms with Crippen molar-refractivity contribution >= 4 is 11.6 Å². The Hall–Kier alpha value is -1.51. The first-order valence-electron chi connectivity index (χ1n) is 7.19. The molecule has 0 saturated carbocycles. The molecule has 1 fully saturated rings. The molecule has 1 atom stereocenters. The zero-order valence-corrected chi connectivity index (χ0v) is 12.2. The molecule has 1 saturated heterocycles. The molecule has 0 spiro atoms. The average Bonchev–Trinajstić information content (AvgIpc) is 2.42. The number of nitrogen functional groups attached to an aromatic ring is 1. The number of likely N-dealkylation sites (tertiary alicyclic amines) is 1. The highest BCUT2D eigenvalue weighted by Crippen LogP contribution is 2.24. The van der Waals surface area contributed by atoms with Gasteiger partial charge in [-0.15, -0.1) is 0 Å². The van der Waals surface area contributed by atoms with Crippen molar-refractivity contribution in [1.82, 2.24) is 4.90 Å². The second-order valence-electron chi connectivity index (χ2n) is 5.69. The summed E-state index contributed by atoms with van der Waals surface area (Å²) in [5.41, 5.74) is 9.47.